The SMILES string of the molecule is O=c1[nH]c2cc(F)c(F)cc2nc1-c1[nH]c2ccccc2c1[N+](=O)[O-]. The van der Waals surface area contributed by atoms with Crippen molar-refractivity contribution < 1.29 is 13.7 Å². The number of aromatic amines is 2. The highest BCUT2D eigenvalue weighted by atomic mass is 19.2. The lowest BCUT2D eigenvalue weighted by Crippen LogP contribution is -2.13. The second-order valence-electron chi connectivity index (χ2n) is 5.35. The number of halogens is 2. The lowest BCUT2D eigenvalue weighted by Gasteiger charge is -2.02. The van der Waals surface area contributed by atoms with Gasteiger partial charge in [0.05, 0.1) is 26.9 Å². The zero-order valence-corrected chi connectivity index (χ0v) is 12.3. The highest BCUT2D eigenvalue weighted by molar-refractivity contribution is 5.97. The molecule has 0 atom stereocenters. The first-order valence-electron chi connectivity index (χ1n) is 7.10. The van der Waals surface area contributed by atoms with Crippen molar-refractivity contribution in [3.63, 3.8) is 0 Å². The van der Waals surface area contributed by atoms with Crippen LogP contribution in [0.25, 0.3) is 33.3 Å². The standard InChI is InChI=1S/C16H8F2N4O3/c17-8-5-11-12(6-9(8)18)21-16(23)14(20-11)13-15(22(24)25)7-3-1-2-4-10(7)19-13/h1-6,19H,(H,21,23). The second-order valence-corrected chi connectivity index (χ2v) is 5.35. The average molecular weight is 342 g/mol. The van der Waals surface area contributed by atoms with Crippen LogP contribution in [0.3, 0.4) is 0 Å². The monoisotopic (exact) mass is 342 g/mol. The van der Waals surface area contributed by atoms with Gasteiger partial charge in [-0.25, -0.2) is 13.8 Å². The summed E-state index contributed by atoms with van der Waals surface area (Å²) >= 11 is 0. The van der Waals surface area contributed by atoms with Crippen LogP contribution in [0.5, 0.6) is 0 Å². The summed E-state index contributed by atoms with van der Waals surface area (Å²) in [5.41, 5.74) is -1.02. The topological polar surface area (TPSA) is 105 Å². The summed E-state index contributed by atoms with van der Waals surface area (Å²) in [4.78, 5) is 32.3. The van der Waals surface area contributed by atoms with Crippen LogP contribution in [0, 0.1) is 21.7 Å². The van der Waals surface area contributed by atoms with Gasteiger partial charge in [-0.3, -0.25) is 14.9 Å². The van der Waals surface area contributed by atoms with E-state index in [1.165, 1.54) is 6.07 Å². The van der Waals surface area contributed by atoms with Crippen LogP contribution in [-0.4, -0.2) is 19.9 Å². The van der Waals surface area contributed by atoms with Crippen molar-refractivity contribution in [2.24, 2.45) is 0 Å². The fourth-order valence-electron chi connectivity index (χ4n) is 2.74. The Labute approximate surface area is 137 Å². The molecule has 0 saturated heterocycles. The minimum Gasteiger partial charge on any atom is -0.347 e. The van der Waals surface area contributed by atoms with E-state index in [0.717, 1.165) is 12.1 Å². The molecule has 0 aliphatic rings. The molecule has 0 unspecified atom stereocenters. The second kappa shape index (κ2) is 5.20. The third-order valence-electron chi connectivity index (χ3n) is 3.83. The molecule has 4 rings (SSSR count). The molecule has 124 valence electrons. The van der Waals surface area contributed by atoms with Gasteiger partial charge in [0.2, 0.25) is 0 Å². The molecule has 2 aromatic carbocycles. The van der Waals surface area contributed by atoms with E-state index < -0.39 is 22.1 Å². The molecule has 2 N–H and O–H groups in total. The summed E-state index contributed by atoms with van der Waals surface area (Å²) in [6.07, 6.45) is 0. The molecule has 25 heavy (non-hydrogen) atoms. The molecular weight excluding hydrogens is 334 g/mol. The molecule has 0 radical (unpaired) electrons. The van der Waals surface area contributed by atoms with E-state index in [1.54, 1.807) is 18.2 Å². The Kier molecular flexibility index (Phi) is 3.11. The molecule has 7 nitrogen and oxygen atoms in total. The lowest BCUT2D eigenvalue weighted by atomic mass is 10.2. The van der Waals surface area contributed by atoms with Crippen molar-refractivity contribution in [3.05, 3.63) is 68.5 Å². The maximum absolute atomic E-state index is 13.4. The number of nitrogens with one attached hydrogen (secondary N) is 2. The first kappa shape index (κ1) is 14.9. The first-order valence-corrected chi connectivity index (χ1v) is 7.10. The number of rotatable bonds is 2. The number of nitrogens with zero attached hydrogens (tertiary/aromatic N) is 2. The van der Waals surface area contributed by atoms with E-state index in [-0.39, 0.29) is 28.1 Å². The van der Waals surface area contributed by atoms with Gasteiger partial charge in [-0.15, -0.1) is 0 Å². The molecular formula is C16H8F2N4O3. The predicted molar refractivity (Wildman–Crippen MR) is 86.2 cm³/mol. The maximum Gasteiger partial charge on any atom is 0.304 e. The van der Waals surface area contributed by atoms with Crippen LogP contribution in [0.1, 0.15) is 0 Å². The lowest BCUT2D eigenvalue weighted by molar-refractivity contribution is -0.382. The van der Waals surface area contributed by atoms with Crippen LogP contribution in [0.15, 0.2) is 41.2 Å². The third kappa shape index (κ3) is 2.24. The van der Waals surface area contributed by atoms with E-state index in [9.17, 15) is 23.7 Å². The Morgan fingerprint density at radius 2 is 1.76 bits per heavy atom. The van der Waals surface area contributed by atoms with Gasteiger partial charge in [-0.05, 0) is 12.1 Å². The third-order valence-corrected chi connectivity index (χ3v) is 3.83. The fourth-order valence-corrected chi connectivity index (χ4v) is 2.74. The Hall–Kier alpha value is -3.62. The zero-order valence-electron chi connectivity index (χ0n) is 12.3. The Bertz CT molecular complexity index is 1230. The quantitative estimate of drug-likeness (QED) is 0.431. The summed E-state index contributed by atoms with van der Waals surface area (Å²) in [5.74, 6) is -2.27. The zero-order chi connectivity index (χ0) is 17.7. The first-order chi connectivity index (χ1) is 12.0. The Morgan fingerprint density at radius 1 is 1.04 bits per heavy atom. The van der Waals surface area contributed by atoms with Crippen molar-refractivity contribution in [2.75, 3.05) is 0 Å². The molecule has 2 heterocycles. The summed E-state index contributed by atoms with van der Waals surface area (Å²) in [7, 11) is 0. The maximum atomic E-state index is 13.4. The molecule has 0 amide bonds. The minimum atomic E-state index is -1.14. The number of H-pyrrole nitrogens is 2. The van der Waals surface area contributed by atoms with Crippen molar-refractivity contribution >= 4 is 27.6 Å². The molecule has 2 aromatic heterocycles. The van der Waals surface area contributed by atoms with Gasteiger partial charge in [0.25, 0.3) is 5.56 Å². The van der Waals surface area contributed by atoms with E-state index in [0.29, 0.717) is 10.9 Å². The molecule has 0 spiro atoms. The fraction of sp³-hybridized carbons (Fsp3) is 0. The summed E-state index contributed by atoms with van der Waals surface area (Å²) in [6, 6.07) is 8.10. The average Bonchev–Trinajstić information content (AvgIpc) is 2.95. The van der Waals surface area contributed by atoms with Gasteiger partial charge in [0.1, 0.15) is 5.69 Å². The number of fused-ring (bicyclic) bond motifs is 2. The van der Waals surface area contributed by atoms with Crippen LogP contribution in [0.2, 0.25) is 0 Å². The summed E-state index contributed by atoms with van der Waals surface area (Å²) in [5, 5.41) is 11.8. The molecule has 4 aromatic rings. The number of hydrogen-bond donors (Lipinski definition) is 2. The number of aromatic nitrogens is 3. The summed E-state index contributed by atoms with van der Waals surface area (Å²) < 4.78 is 26.7. The number of para-hydroxylation sites is 1. The molecule has 0 saturated carbocycles. The van der Waals surface area contributed by atoms with Gasteiger partial charge in [-0.2, -0.15) is 0 Å². The van der Waals surface area contributed by atoms with Gasteiger partial charge in [0, 0.05) is 12.1 Å². The van der Waals surface area contributed by atoms with E-state index in [1.807, 2.05) is 0 Å². The number of nitro groups is 1. The van der Waals surface area contributed by atoms with Crippen molar-refractivity contribution in [2.45, 2.75) is 0 Å². The smallest absolute Gasteiger partial charge is 0.304 e. The van der Waals surface area contributed by atoms with Crippen molar-refractivity contribution in [1.82, 2.24) is 15.0 Å². The van der Waals surface area contributed by atoms with Gasteiger partial charge in [0.15, 0.2) is 17.3 Å². The highest BCUT2D eigenvalue weighted by Crippen LogP contribution is 2.34. The van der Waals surface area contributed by atoms with Gasteiger partial charge < -0.3 is 9.97 Å². The largest absolute Gasteiger partial charge is 0.347 e. The van der Waals surface area contributed by atoms with E-state index >= 15 is 0 Å². The van der Waals surface area contributed by atoms with Crippen LogP contribution in [0.4, 0.5) is 14.5 Å². The molecule has 9 heteroatoms. The van der Waals surface area contributed by atoms with Crippen molar-refractivity contribution in [3.8, 4) is 11.4 Å². The van der Waals surface area contributed by atoms with Crippen LogP contribution < -0.4 is 5.56 Å². The Balaban J connectivity index is 2.08. The predicted octanol–water partition coefficient (Wildman–Crippen LogP) is 3.26. The number of hydrogen-bond acceptors (Lipinski definition) is 4. The molecule has 0 aliphatic carbocycles. The summed E-state index contributed by atoms with van der Waals surface area (Å²) in [6.45, 7) is 0. The Morgan fingerprint density at radius 3 is 2.52 bits per heavy atom. The van der Waals surface area contributed by atoms with Crippen LogP contribution >= 0.6 is 0 Å². The molecule has 0 bridgehead atoms. The van der Waals surface area contributed by atoms with Gasteiger partial charge >= 0.3 is 5.69 Å². The van der Waals surface area contributed by atoms with E-state index in [2.05, 4.69) is 15.0 Å². The van der Waals surface area contributed by atoms with E-state index in [4.69, 9.17) is 0 Å². The minimum absolute atomic E-state index is 0.00795. The highest BCUT2D eigenvalue weighted by Gasteiger charge is 2.26. The number of benzene rings is 2. The van der Waals surface area contributed by atoms with Crippen LogP contribution in [-0.2, 0) is 0 Å². The normalized spacial score (nSPS) is 11.3. The van der Waals surface area contributed by atoms with Gasteiger partial charge in [-0.1, -0.05) is 12.1 Å². The molecule has 0 aliphatic heterocycles. The van der Waals surface area contributed by atoms with Crippen molar-refractivity contribution in [1.29, 1.82) is 0 Å². The molecule has 0 fully saturated rings.